The molecule has 0 aliphatic carbocycles. The Morgan fingerprint density at radius 2 is 0.909 bits per heavy atom. The molecule has 0 atom stereocenters. The van der Waals surface area contributed by atoms with E-state index in [-0.39, 0.29) is 37.7 Å². The molecule has 0 amide bonds. The molecule has 0 rings (SSSR count). The number of rotatable bonds is 0. The summed E-state index contributed by atoms with van der Waals surface area (Å²) >= 11 is -11.0. The van der Waals surface area contributed by atoms with Crippen molar-refractivity contribution in [2.75, 3.05) is 0 Å². The third-order valence-corrected chi connectivity index (χ3v) is 0. The van der Waals surface area contributed by atoms with E-state index < -0.39 is 27.2 Å². The van der Waals surface area contributed by atoms with Gasteiger partial charge in [0.25, 0.3) is 0 Å². The Bertz CT molecular complexity index is 208. The predicted octanol–water partition coefficient (Wildman–Crippen LogP) is -4.35. The molecule has 0 fully saturated rings. The van der Waals surface area contributed by atoms with Crippen LogP contribution in [0.15, 0.2) is 0 Å². The Labute approximate surface area is 95.6 Å². The second kappa shape index (κ2) is 6.84. The van der Waals surface area contributed by atoms with Gasteiger partial charge in [-0.15, -0.1) is 0 Å². The molecule has 0 radical (unpaired) electrons. The molecule has 0 bridgehead atoms. The summed E-state index contributed by atoms with van der Waals surface area (Å²) in [4.78, 5) is 0. The molecule has 2 N–H and O–H groups in total. The van der Waals surface area contributed by atoms with Gasteiger partial charge < -0.3 is 0 Å². The molecular formula is H2CaCr2O8. The van der Waals surface area contributed by atoms with Crippen LogP contribution >= 0.6 is 0 Å². The topological polar surface area (TPSA) is 155 Å². The summed E-state index contributed by atoms with van der Waals surface area (Å²) in [6, 6.07) is 0. The van der Waals surface area contributed by atoms with Gasteiger partial charge in [0.15, 0.2) is 0 Å². The molecule has 0 aromatic carbocycles. The average molecular weight is 274 g/mol. The summed E-state index contributed by atoms with van der Waals surface area (Å²) in [5.41, 5.74) is 0. The van der Waals surface area contributed by atoms with Crippen LogP contribution in [0.3, 0.4) is 0 Å². The quantitative estimate of drug-likeness (QED) is 0.420. The van der Waals surface area contributed by atoms with Gasteiger partial charge in [-0.2, -0.15) is 0 Å². The molecule has 0 aromatic rings. The van der Waals surface area contributed by atoms with Crippen molar-refractivity contribution in [2.45, 2.75) is 0 Å². The van der Waals surface area contributed by atoms with Crippen LogP contribution in [0.4, 0.5) is 0 Å². The van der Waals surface area contributed by atoms with Crippen molar-refractivity contribution in [1.29, 1.82) is 0 Å². The molecular weight excluding hydrogens is 272 g/mol. The minimum absolute atomic E-state index is 0. The number of hydrogen-bond donors (Lipinski definition) is 2. The molecule has 0 saturated heterocycles. The summed E-state index contributed by atoms with van der Waals surface area (Å²) in [5, 5.41) is 0. The van der Waals surface area contributed by atoms with E-state index in [9.17, 15) is 0 Å². The fourth-order valence-electron chi connectivity index (χ4n) is 0. The zero-order chi connectivity index (χ0) is 9.00. The Morgan fingerprint density at radius 1 is 0.909 bits per heavy atom. The summed E-state index contributed by atoms with van der Waals surface area (Å²) in [6.07, 6.45) is 0. The van der Waals surface area contributed by atoms with Crippen LogP contribution in [0.1, 0.15) is 0 Å². The second-order valence-corrected chi connectivity index (χ2v) is 3.53. The van der Waals surface area contributed by atoms with Crippen molar-refractivity contribution >= 4 is 37.7 Å². The van der Waals surface area contributed by atoms with Gasteiger partial charge >= 0.3 is 96.8 Å². The van der Waals surface area contributed by atoms with Gasteiger partial charge in [0.2, 0.25) is 0 Å². The second-order valence-electron chi connectivity index (χ2n) is 0.856. The van der Waals surface area contributed by atoms with Gasteiger partial charge in [0.05, 0.1) is 0 Å². The third-order valence-electron chi connectivity index (χ3n) is 0. The zero-order valence-electron chi connectivity index (χ0n) is 4.87. The van der Waals surface area contributed by atoms with E-state index in [1.165, 1.54) is 0 Å². The average Bonchev–Trinajstić information content (AvgIpc) is 1.12. The molecule has 11 heavy (non-hydrogen) atoms. The molecule has 0 aliphatic heterocycles. The van der Waals surface area contributed by atoms with Gasteiger partial charge in [-0.3, -0.25) is 0 Å². The fourth-order valence-corrected chi connectivity index (χ4v) is 0. The molecule has 0 aromatic heterocycles. The third kappa shape index (κ3) is 535. The normalized spacial score (nSPS) is 10.5. The van der Waals surface area contributed by atoms with Crippen LogP contribution in [0.5, 0.6) is 0 Å². The maximum absolute atomic E-state index is 8.82. The summed E-state index contributed by atoms with van der Waals surface area (Å²) in [6.45, 7) is 0. The van der Waals surface area contributed by atoms with Crippen molar-refractivity contribution in [3.8, 4) is 0 Å². The minimum atomic E-state index is -5.75. The van der Waals surface area contributed by atoms with Crippen molar-refractivity contribution < 1.29 is 59.1 Å². The first-order chi connectivity index (χ1) is 4.00. The van der Waals surface area contributed by atoms with Crippen LogP contribution in [0, 0.1) is 0 Å². The Balaban J connectivity index is -0.000000107. The van der Waals surface area contributed by atoms with Gasteiger partial charge in [0.1, 0.15) is 0 Å². The van der Waals surface area contributed by atoms with Gasteiger partial charge in [-0.1, -0.05) is 0 Å². The monoisotopic (exact) mass is 274 g/mol. The first kappa shape index (κ1) is 18.2. The first-order valence-corrected chi connectivity index (χ1v) is 5.63. The van der Waals surface area contributed by atoms with Crippen LogP contribution in [0.2, 0.25) is 0 Å². The summed E-state index contributed by atoms with van der Waals surface area (Å²) in [7, 11) is 0. The van der Waals surface area contributed by atoms with Crippen LogP contribution in [0.25, 0.3) is 0 Å². The van der Waals surface area contributed by atoms with Gasteiger partial charge in [0, 0.05) is 0 Å². The molecule has 0 heterocycles. The molecule has 0 spiro atoms. The Kier molecular flexibility index (Phi) is 11.3. The van der Waals surface area contributed by atoms with E-state index in [1.807, 2.05) is 0 Å². The number of hydrogen-bond acceptors (Lipinski definition) is 6. The van der Waals surface area contributed by atoms with Gasteiger partial charge in [-0.25, -0.2) is 0 Å². The maximum atomic E-state index is 8.82. The van der Waals surface area contributed by atoms with E-state index in [1.54, 1.807) is 0 Å². The van der Waals surface area contributed by atoms with Crippen molar-refractivity contribution in [3.63, 3.8) is 0 Å². The van der Waals surface area contributed by atoms with Crippen molar-refractivity contribution in [3.05, 3.63) is 0 Å². The summed E-state index contributed by atoms with van der Waals surface area (Å²) < 4.78 is 66.2. The first-order valence-electron chi connectivity index (χ1n) is 1.37. The van der Waals surface area contributed by atoms with E-state index in [4.69, 9.17) is 31.8 Å². The molecule has 11 heteroatoms. The Morgan fingerprint density at radius 3 is 0.909 bits per heavy atom. The summed E-state index contributed by atoms with van der Waals surface area (Å²) in [5.74, 6) is 0. The predicted molar refractivity (Wildman–Crippen MR) is 12.9 cm³/mol. The van der Waals surface area contributed by atoms with Crippen LogP contribution < -0.4 is 8.32 Å². The van der Waals surface area contributed by atoms with Gasteiger partial charge in [-0.05, 0) is 0 Å². The van der Waals surface area contributed by atoms with E-state index >= 15 is 0 Å². The molecule has 0 unspecified atom stereocenters. The van der Waals surface area contributed by atoms with E-state index in [0.29, 0.717) is 0 Å². The molecule has 64 valence electrons. The van der Waals surface area contributed by atoms with Crippen LogP contribution in [-0.4, -0.2) is 46.1 Å². The van der Waals surface area contributed by atoms with E-state index in [2.05, 4.69) is 0 Å². The molecule has 0 aliphatic rings. The fraction of sp³-hybridized carbons (Fsp3) is 0. The van der Waals surface area contributed by atoms with E-state index in [0.717, 1.165) is 0 Å². The molecule has 0 saturated carbocycles. The zero-order valence-corrected chi connectivity index (χ0v) is 9.63. The van der Waals surface area contributed by atoms with Crippen LogP contribution in [-0.2, 0) is 42.4 Å². The van der Waals surface area contributed by atoms with Crippen molar-refractivity contribution in [1.82, 2.24) is 0 Å². The SMILES string of the molecule is [Ca+2].[O]=[Cr](=[O])([O-])[O-].[O]=[Cr](=[O])([OH])[OH]. The standard InChI is InChI=1S/Ca.2Cr.2H2O.6O/h;;;2*1H2;;;;;;/q+2;;+2;;;;;;;2*-1/p-2. The molecule has 8 nitrogen and oxygen atoms in total. The van der Waals surface area contributed by atoms with Crippen molar-refractivity contribution in [2.24, 2.45) is 0 Å². The Hall–Kier alpha value is 1.36.